The van der Waals surface area contributed by atoms with Crippen LogP contribution in [-0.2, 0) is 19.5 Å². The first-order valence-electron chi connectivity index (χ1n) is 9.50. The van der Waals surface area contributed by atoms with Crippen molar-refractivity contribution in [3.63, 3.8) is 0 Å². The summed E-state index contributed by atoms with van der Waals surface area (Å²) in [6, 6.07) is 12.9. The first kappa shape index (κ1) is 20.2. The van der Waals surface area contributed by atoms with Crippen LogP contribution in [0.25, 0.3) is 11.3 Å². The third-order valence-electron chi connectivity index (χ3n) is 4.95. The van der Waals surface area contributed by atoms with E-state index in [0.29, 0.717) is 18.9 Å². The van der Waals surface area contributed by atoms with E-state index in [1.165, 1.54) is 12.1 Å². The van der Waals surface area contributed by atoms with Gasteiger partial charge in [0, 0.05) is 37.2 Å². The summed E-state index contributed by atoms with van der Waals surface area (Å²) < 4.78 is 40.9. The summed E-state index contributed by atoms with van der Waals surface area (Å²) in [5, 5.41) is 9.57. The summed E-state index contributed by atoms with van der Waals surface area (Å²) in [5.74, 6) is 0.664. The largest absolute Gasteiger partial charge is 0.573 e. The molecule has 1 N–H and O–H groups in total. The highest BCUT2D eigenvalue weighted by molar-refractivity contribution is 5.65. The second-order valence-electron chi connectivity index (χ2n) is 7.24. The molecule has 0 aliphatic carbocycles. The fraction of sp³-hybridized carbons (Fsp3) is 0.273. The zero-order chi connectivity index (χ0) is 21.3. The van der Waals surface area contributed by atoms with E-state index in [1.807, 2.05) is 19.1 Å². The lowest BCUT2D eigenvalue weighted by Crippen LogP contribution is -2.31. The van der Waals surface area contributed by atoms with E-state index in [9.17, 15) is 18.3 Å². The molecule has 8 heteroatoms. The van der Waals surface area contributed by atoms with Gasteiger partial charge >= 0.3 is 6.36 Å². The Morgan fingerprint density at radius 1 is 1.03 bits per heavy atom. The Hall–Kier alpha value is -3.13. The lowest BCUT2D eigenvalue weighted by molar-refractivity contribution is -0.274. The van der Waals surface area contributed by atoms with Crippen LogP contribution >= 0.6 is 0 Å². The number of phenols is 1. The van der Waals surface area contributed by atoms with E-state index in [1.54, 1.807) is 24.3 Å². The van der Waals surface area contributed by atoms with Crippen molar-refractivity contribution in [3.8, 4) is 22.8 Å². The zero-order valence-corrected chi connectivity index (χ0v) is 16.3. The molecule has 156 valence electrons. The van der Waals surface area contributed by atoms with Crippen molar-refractivity contribution in [2.24, 2.45) is 0 Å². The minimum absolute atomic E-state index is 0.193. The smallest absolute Gasteiger partial charge is 0.508 e. The average molecular weight is 415 g/mol. The van der Waals surface area contributed by atoms with Gasteiger partial charge in [0.15, 0.2) is 0 Å². The molecule has 0 saturated heterocycles. The van der Waals surface area contributed by atoms with Crippen molar-refractivity contribution >= 4 is 0 Å². The normalized spacial score (nSPS) is 14.4. The molecule has 1 aliphatic heterocycles. The van der Waals surface area contributed by atoms with E-state index in [4.69, 9.17) is 0 Å². The molecular weight excluding hydrogens is 395 g/mol. The van der Waals surface area contributed by atoms with Crippen molar-refractivity contribution in [2.45, 2.75) is 32.8 Å². The number of phenolic OH excluding ortho intramolecular Hbond substituents is 1. The highest BCUT2D eigenvalue weighted by Crippen LogP contribution is 2.30. The average Bonchev–Trinajstić information content (AvgIpc) is 2.69. The molecule has 0 saturated carbocycles. The summed E-state index contributed by atoms with van der Waals surface area (Å²) in [5.41, 5.74) is 4.69. The van der Waals surface area contributed by atoms with Gasteiger partial charge in [-0.25, -0.2) is 9.97 Å². The quantitative estimate of drug-likeness (QED) is 0.674. The Kier molecular flexibility index (Phi) is 5.34. The first-order valence-corrected chi connectivity index (χ1v) is 9.50. The van der Waals surface area contributed by atoms with Gasteiger partial charge in [-0.1, -0.05) is 12.1 Å². The molecule has 4 rings (SSSR count). The fourth-order valence-electron chi connectivity index (χ4n) is 3.64. The second-order valence-corrected chi connectivity index (χ2v) is 7.24. The van der Waals surface area contributed by atoms with Crippen LogP contribution in [0.3, 0.4) is 0 Å². The van der Waals surface area contributed by atoms with Crippen LogP contribution in [0, 0.1) is 6.92 Å². The van der Waals surface area contributed by atoms with Crippen LogP contribution in [0.4, 0.5) is 13.2 Å². The monoisotopic (exact) mass is 415 g/mol. The van der Waals surface area contributed by atoms with Crippen LogP contribution in [-0.4, -0.2) is 32.9 Å². The Bertz CT molecular complexity index is 1040. The second kappa shape index (κ2) is 7.95. The van der Waals surface area contributed by atoms with Crippen molar-refractivity contribution < 1.29 is 23.0 Å². The van der Waals surface area contributed by atoms with Gasteiger partial charge in [0.25, 0.3) is 0 Å². The summed E-state index contributed by atoms with van der Waals surface area (Å²) in [6.45, 7) is 3.88. The van der Waals surface area contributed by atoms with Crippen molar-refractivity contribution in [1.29, 1.82) is 0 Å². The molecular formula is C22H20F3N3O2. The van der Waals surface area contributed by atoms with Gasteiger partial charge in [0.1, 0.15) is 17.3 Å². The van der Waals surface area contributed by atoms with E-state index in [2.05, 4.69) is 19.6 Å². The SMILES string of the molecule is Cc1nc2c(c(-c3ccc(O)cc3)n1)CN(Cc1ccc(OC(F)(F)F)cc1)CC2. The lowest BCUT2D eigenvalue weighted by atomic mass is 9.98. The molecule has 2 aromatic carbocycles. The highest BCUT2D eigenvalue weighted by Gasteiger charge is 2.31. The van der Waals surface area contributed by atoms with Crippen molar-refractivity contribution in [1.82, 2.24) is 14.9 Å². The predicted molar refractivity (Wildman–Crippen MR) is 105 cm³/mol. The van der Waals surface area contributed by atoms with Gasteiger partial charge < -0.3 is 9.84 Å². The standard InChI is InChI=1S/C22H20F3N3O2/c1-14-26-20-10-11-28(12-15-2-8-18(9-3-15)30-22(23,24)25)13-19(20)21(27-14)16-4-6-17(29)7-5-16/h2-9,29H,10-13H2,1H3. The van der Waals surface area contributed by atoms with Crippen molar-refractivity contribution in [2.75, 3.05) is 6.54 Å². The molecule has 0 atom stereocenters. The lowest BCUT2D eigenvalue weighted by Gasteiger charge is -2.29. The zero-order valence-electron chi connectivity index (χ0n) is 16.3. The minimum Gasteiger partial charge on any atom is -0.508 e. The minimum atomic E-state index is -4.69. The van der Waals surface area contributed by atoms with Crippen LogP contribution in [0.15, 0.2) is 48.5 Å². The molecule has 1 aromatic heterocycles. The number of aromatic nitrogens is 2. The number of aromatic hydroxyl groups is 1. The molecule has 0 spiro atoms. The summed E-state index contributed by atoms with van der Waals surface area (Å²) >= 11 is 0. The Morgan fingerprint density at radius 3 is 2.40 bits per heavy atom. The number of fused-ring (bicyclic) bond motifs is 1. The maximum atomic E-state index is 12.3. The van der Waals surface area contributed by atoms with E-state index < -0.39 is 6.36 Å². The Balaban J connectivity index is 1.54. The van der Waals surface area contributed by atoms with Gasteiger partial charge in [-0.2, -0.15) is 0 Å². The van der Waals surface area contributed by atoms with Crippen LogP contribution < -0.4 is 4.74 Å². The summed E-state index contributed by atoms with van der Waals surface area (Å²) in [6.07, 6.45) is -3.93. The maximum Gasteiger partial charge on any atom is 0.573 e. The molecule has 0 fully saturated rings. The third-order valence-corrected chi connectivity index (χ3v) is 4.95. The fourth-order valence-corrected chi connectivity index (χ4v) is 3.64. The summed E-state index contributed by atoms with van der Waals surface area (Å²) in [4.78, 5) is 11.4. The van der Waals surface area contributed by atoms with Gasteiger partial charge in [-0.05, 0) is 48.9 Å². The number of aryl methyl sites for hydroxylation is 1. The molecule has 30 heavy (non-hydrogen) atoms. The first-order chi connectivity index (χ1) is 14.3. The molecule has 0 radical (unpaired) electrons. The topological polar surface area (TPSA) is 58.5 Å². The molecule has 5 nitrogen and oxygen atoms in total. The van der Waals surface area contributed by atoms with E-state index in [-0.39, 0.29) is 11.5 Å². The van der Waals surface area contributed by atoms with E-state index in [0.717, 1.165) is 41.0 Å². The molecule has 3 aromatic rings. The molecule has 0 amide bonds. The Labute approximate surface area is 171 Å². The number of nitrogens with zero attached hydrogens (tertiary/aromatic N) is 3. The number of alkyl halides is 3. The predicted octanol–water partition coefficient (Wildman–Crippen LogP) is 4.61. The number of halogens is 3. The van der Waals surface area contributed by atoms with Gasteiger partial charge in [0.2, 0.25) is 0 Å². The number of benzene rings is 2. The number of rotatable bonds is 4. The van der Waals surface area contributed by atoms with Crippen LogP contribution in [0.2, 0.25) is 0 Å². The highest BCUT2D eigenvalue weighted by atomic mass is 19.4. The van der Waals surface area contributed by atoms with Gasteiger partial charge in [-0.3, -0.25) is 4.90 Å². The molecule has 0 unspecified atom stereocenters. The number of ether oxygens (including phenoxy) is 1. The maximum absolute atomic E-state index is 12.3. The van der Waals surface area contributed by atoms with Crippen LogP contribution in [0.1, 0.15) is 22.6 Å². The molecule has 0 bridgehead atoms. The van der Waals surface area contributed by atoms with Gasteiger partial charge in [-0.15, -0.1) is 13.2 Å². The molecule has 1 aliphatic rings. The number of hydrogen-bond acceptors (Lipinski definition) is 5. The van der Waals surface area contributed by atoms with Crippen molar-refractivity contribution in [3.05, 3.63) is 71.2 Å². The number of hydrogen-bond donors (Lipinski definition) is 1. The van der Waals surface area contributed by atoms with Crippen LogP contribution in [0.5, 0.6) is 11.5 Å². The molecule has 2 heterocycles. The van der Waals surface area contributed by atoms with E-state index >= 15 is 0 Å². The Morgan fingerprint density at radius 2 is 1.73 bits per heavy atom. The van der Waals surface area contributed by atoms with Gasteiger partial charge in [0.05, 0.1) is 11.4 Å². The summed E-state index contributed by atoms with van der Waals surface area (Å²) in [7, 11) is 0. The third kappa shape index (κ3) is 4.71.